The van der Waals surface area contributed by atoms with E-state index in [0.29, 0.717) is 12.1 Å². The zero-order chi connectivity index (χ0) is 11.2. The van der Waals surface area contributed by atoms with Gasteiger partial charge in [-0.3, -0.25) is 4.68 Å². The van der Waals surface area contributed by atoms with Crippen molar-refractivity contribution in [3.63, 3.8) is 0 Å². The lowest BCUT2D eigenvalue weighted by Gasteiger charge is -2.21. The number of nitrogens with zero attached hydrogens (tertiary/aromatic N) is 2. The first-order valence-corrected chi connectivity index (χ1v) is 6.16. The molecule has 1 aliphatic rings. The molecule has 1 aromatic heterocycles. The highest BCUT2D eigenvalue weighted by atomic mass is 16.5. The van der Waals surface area contributed by atoms with Crippen molar-refractivity contribution >= 4 is 0 Å². The third kappa shape index (κ3) is 3.61. The molecule has 0 amide bonds. The van der Waals surface area contributed by atoms with E-state index in [2.05, 4.69) is 17.3 Å². The predicted octanol–water partition coefficient (Wildman–Crippen LogP) is 1.43. The van der Waals surface area contributed by atoms with Gasteiger partial charge in [0.05, 0.1) is 6.54 Å². The lowest BCUT2D eigenvalue weighted by atomic mass is 10.1. The second-order valence-corrected chi connectivity index (χ2v) is 4.54. The first-order valence-electron chi connectivity index (χ1n) is 6.16. The van der Waals surface area contributed by atoms with Crippen LogP contribution in [0, 0.1) is 0 Å². The van der Waals surface area contributed by atoms with Crippen molar-refractivity contribution in [1.82, 2.24) is 15.1 Å². The Morgan fingerprint density at radius 3 is 3.25 bits per heavy atom. The highest BCUT2D eigenvalue weighted by Crippen LogP contribution is 2.09. The van der Waals surface area contributed by atoms with Gasteiger partial charge < -0.3 is 10.1 Å². The highest BCUT2D eigenvalue weighted by molar-refractivity contribution is 4.80. The molecule has 0 aliphatic carbocycles. The summed E-state index contributed by atoms with van der Waals surface area (Å²) in [6.45, 7) is 4.97. The predicted molar refractivity (Wildman–Crippen MR) is 63.3 cm³/mol. The Morgan fingerprint density at radius 2 is 2.44 bits per heavy atom. The molecule has 0 bridgehead atoms. The first kappa shape index (κ1) is 11.6. The molecule has 0 aromatic carbocycles. The molecule has 1 fully saturated rings. The maximum Gasteiger partial charge on any atom is 0.0560 e. The molecule has 16 heavy (non-hydrogen) atoms. The Balaban J connectivity index is 1.75. The lowest BCUT2D eigenvalue weighted by molar-refractivity contribution is 0.142. The molecule has 1 aromatic rings. The van der Waals surface area contributed by atoms with Crippen LogP contribution in [0.4, 0.5) is 0 Å². The van der Waals surface area contributed by atoms with Crippen LogP contribution in [0.3, 0.4) is 0 Å². The van der Waals surface area contributed by atoms with Crippen LogP contribution in [-0.2, 0) is 11.3 Å². The lowest BCUT2D eigenvalue weighted by Crippen LogP contribution is -2.39. The van der Waals surface area contributed by atoms with Crippen molar-refractivity contribution in [2.75, 3.05) is 13.2 Å². The van der Waals surface area contributed by atoms with Crippen LogP contribution in [-0.4, -0.2) is 35.1 Å². The van der Waals surface area contributed by atoms with Gasteiger partial charge in [0.1, 0.15) is 0 Å². The highest BCUT2D eigenvalue weighted by Gasteiger charge is 2.14. The van der Waals surface area contributed by atoms with Crippen LogP contribution >= 0.6 is 0 Å². The summed E-state index contributed by atoms with van der Waals surface area (Å²) in [6, 6.07) is 3.03. The van der Waals surface area contributed by atoms with Crippen molar-refractivity contribution < 1.29 is 4.74 Å². The maximum atomic E-state index is 5.45. The quantitative estimate of drug-likeness (QED) is 0.839. The fourth-order valence-corrected chi connectivity index (χ4v) is 2.21. The van der Waals surface area contributed by atoms with Gasteiger partial charge in [0.15, 0.2) is 0 Å². The van der Waals surface area contributed by atoms with Crippen molar-refractivity contribution in [2.45, 2.75) is 44.8 Å². The van der Waals surface area contributed by atoms with E-state index in [9.17, 15) is 0 Å². The third-order valence-electron chi connectivity index (χ3n) is 2.99. The maximum absolute atomic E-state index is 5.45. The number of rotatable bonds is 4. The summed E-state index contributed by atoms with van der Waals surface area (Å²) in [5.41, 5.74) is 0. The Kier molecular flexibility index (Phi) is 4.36. The number of aromatic nitrogens is 2. The molecule has 0 spiro atoms. The summed E-state index contributed by atoms with van der Waals surface area (Å²) in [4.78, 5) is 0. The van der Waals surface area contributed by atoms with Gasteiger partial charge in [0.2, 0.25) is 0 Å². The first-order chi connectivity index (χ1) is 7.84. The number of hydrogen-bond donors (Lipinski definition) is 1. The summed E-state index contributed by atoms with van der Waals surface area (Å²) in [6.07, 6.45) is 7.36. The smallest absolute Gasteiger partial charge is 0.0560 e. The fourth-order valence-electron chi connectivity index (χ4n) is 2.21. The van der Waals surface area contributed by atoms with Gasteiger partial charge in [0, 0.05) is 37.7 Å². The molecule has 4 heteroatoms. The largest absolute Gasteiger partial charge is 0.381 e. The number of hydrogen-bond acceptors (Lipinski definition) is 3. The van der Waals surface area contributed by atoms with Crippen LogP contribution in [0.5, 0.6) is 0 Å². The van der Waals surface area contributed by atoms with Gasteiger partial charge in [-0.25, -0.2) is 0 Å². The van der Waals surface area contributed by atoms with Crippen molar-refractivity contribution in [1.29, 1.82) is 0 Å². The van der Waals surface area contributed by atoms with E-state index in [1.54, 1.807) is 0 Å². The van der Waals surface area contributed by atoms with E-state index in [0.717, 1.165) is 26.2 Å². The van der Waals surface area contributed by atoms with E-state index in [4.69, 9.17) is 4.74 Å². The van der Waals surface area contributed by atoms with E-state index in [-0.39, 0.29) is 0 Å². The molecule has 2 atom stereocenters. The molecule has 90 valence electrons. The van der Waals surface area contributed by atoms with Gasteiger partial charge in [-0.1, -0.05) is 0 Å². The molecule has 4 nitrogen and oxygen atoms in total. The monoisotopic (exact) mass is 223 g/mol. The second kappa shape index (κ2) is 6.01. The number of ether oxygens (including phenoxy) is 1. The van der Waals surface area contributed by atoms with Gasteiger partial charge >= 0.3 is 0 Å². The molecular formula is C12H21N3O. The van der Waals surface area contributed by atoms with Crippen molar-refractivity contribution in [3.05, 3.63) is 18.5 Å². The molecule has 0 radical (unpaired) electrons. The fraction of sp³-hybridized carbons (Fsp3) is 0.750. The average Bonchev–Trinajstić information content (AvgIpc) is 2.62. The summed E-state index contributed by atoms with van der Waals surface area (Å²) >= 11 is 0. The minimum absolute atomic E-state index is 0.461. The molecule has 0 saturated carbocycles. The molecular weight excluding hydrogens is 202 g/mol. The zero-order valence-corrected chi connectivity index (χ0v) is 9.93. The normalized spacial score (nSPS) is 23.9. The summed E-state index contributed by atoms with van der Waals surface area (Å²) in [5.74, 6) is 0. The van der Waals surface area contributed by atoms with E-state index >= 15 is 0 Å². The minimum atomic E-state index is 0.461. The Labute approximate surface area is 97.0 Å². The van der Waals surface area contributed by atoms with Gasteiger partial charge in [0.25, 0.3) is 0 Å². The van der Waals surface area contributed by atoms with Crippen molar-refractivity contribution in [3.8, 4) is 0 Å². The topological polar surface area (TPSA) is 39.1 Å². The van der Waals surface area contributed by atoms with Gasteiger partial charge in [-0.2, -0.15) is 5.10 Å². The average molecular weight is 223 g/mol. The SMILES string of the molecule is CC(Cn1cccn1)NC1CCCOCC1. The molecule has 1 N–H and O–H groups in total. The minimum Gasteiger partial charge on any atom is -0.381 e. The summed E-state index contributed by atoms with van der Waals surface area (Å²) in [7, 11) is 0. The second-order valence-electron chi connectivity index (χ2n) is 4.54. The van der Waals surface area contributed by atoms with Gasteiger partial charge in [-0.15, -0.1) is 0 Å². The van der Waals surface area contributed by atoms with Crippen LogP contribution in [0.1, 0.15) is 26.2 Å². The van der Waals surface area contributed by atoms with Crippen LogP contribution in [0.2, 0.25) is 0 Å². The van der Waals surface area contributed by atoms with E-state index in [1.165, 1.54) is 12.8 Å². The van der Waals surface area contributed by atoms with Crippen LogP contribution < -0.4 is 5.32 Å². The van der Waals surface area contributed by atoms with E-state index < -0.39 is 0 Å². The Bertz CT molecular complexity index is 278. The zero-order valence-electron chi connectivity index (χ0n) is 9.93. The number of nitrogens with one attached hydrogen (secondary N) is 1. The molecule has 1 saturated heterocycles. The van der Waals surface area contributed by atoms with Gasteiger partial charge in [-0.05, 0) is 32.3 Å². The Hall–Kier alpha value is -0.870. The van der Waals surface area contributed by atoms with Crippen LogP contribution in [0.25, 0.3) is 0 Å². The molecule has 2 heterocycles. The van der Waals surface area contributed by atoms with Crippen LogP contribution in [0.15, 0.2) is 18.5 Å². The summed E-state index contributed by atoms with van der Waals surface area (Å²) in [5, 5.41) is 7.88. The molecule has 2 rings (SSSR count). The third-order valence-corrected chi connectivity index (χ3v) is 2.99. The van der Waals surface area contributed by atoms with Crippen molar-refractivity contribution in [2.24, 2.45) is 0 Å². The summed E-state index contributed by atoms with van der Waals surface area (Å²) < 4.78 is 7.43. The molecule has 2 unspecified atom stereocenters. The standard InChI is InChI=1S/C12H21N3O/c1-11(10-15-7-3-6-13-15)14-12-4-2-8-16-9-5-12/h3,6-7,11-12,14H,2,4-5,8-10H2,1H3. The Morgan fingerprint density at radius 1 is 1.50 bits per heavy atom. The molecule has 1 aliphatic heterocycles. The van der Waals surface area contributed by atoms with E-state index in [1.807, 2.05) is 23.1 Å².